The van der Waals surface area contributed by atoms with Crippen molar-refractivity contribution in [3.05, 3.63) is 71.8 Å². The average Bonchev–Trinajstić information content (AvgIpc) is 2.40. The number of rotatable bonds is 3. The fourth-order valence-electron chi connectivity index (χ4n) is 1.41. The van der Waals surface area contributed by atoms with Crippen molar-refractivity contribution in [1.29, 1.82) is 0 Å². The van der Waals surface area contributed by atoms with Crippen molar-refractivity contribution in [2.45, 2.75) is 4.71 Å². The van der Waals surface area contributed by atoms with Crippen LogP contribution in [0.4, 0.5) is 0 Å². The van der Waals surface area contributed by atoms with Crippen LogP contribution in [0.5, 0.6) is 0 Å². The van der Waals surface area contributed by atoms with Crippen LogP contribution in [-0.2, 0) is 0 Å². The first-order valence-corrected chi connectivity index (χ1v) is 6.54. The Hall–Kier alpha value is -1.25. The highest BCUT2D eigenvalue weighted by atomic mass is 35.5. The molecule has 3 heteroatoms. The number of hydrogen-bond acceptors (Lipinski definition) is 2. The number of thioether (sulfide) groups is 1. The molecule has 2 aromatic carbocycles. The zero-order valence-electron chi connectivity index (χ0n) is 9.05. The van der Waals surface area contributed by atoms with Crippen molar-refractivity contribution in [3.63, 3.8) is 0 Å². The van der Waals surface area contributed by atoms with E-state index in [1.165, 1.54) is 0 Å². The molecule has 1 nitrogen and oxygen atoms in total. The third-order valence-corrected chi connectivity index (χ3v) is 3.73. The predicted molar refractivity (Wildman–Crippen MR) is 73.4 cm³/mol. The molecule has 0 aliphatic rings. The molecule has 0 saturated carbocycles. The van der Waals surface area contributed by atoms with E-state index in [2.05, 4.69) is 0 Å². The van der Waals surface area contributed by atoms with Crippen molar-refractivity contribution in [3.8, 4) is 0 Å². The Labute approximate surface area is 110 Å². The van der Waals surface area contributed by atoms with Gasteiger partial charge in [0.1, 0.15) is 4.71 Å². The first-order chi connectivity index (χ1) is 8.27. The molecule has 0 spiro atoms. The second-order valence-corrected chi connectivity index (χ2v) is 5.27. The number of alkyl halides is 1. The van der Waals surface area contributed by atoms with Gasteiger partial charge in [0, 0.05) is 5.56 Å². The van der Waals surface area contributed by atoms with Crippen LogP contribution in [0.1, 0.15) is 20.6 Å². The molecule has 0 aliphatic heterocycles. The van der Waals surface area contributed by atoms with E-state index < -0.39 is 0 Å². The van der Waals surface area contributed by atoms with Gasteiger partial charge in [0.15, 0.2) is 0 Å². The minimum absolute atomic E-state index is 0.00514. The summed E-state index contributed by atoms with van der Waals surface area (Å²) in [6.07, 6.45) is 0. The standard InChI is InChI=1S/C14H11ClOS/c15-13(11-7-3-1-4-8-11)17-14(16)12-9-5-2-6-10-12/h1-10,13H. The first-order valence-electron chi connectivity index (χ1n) is 5.22. The van der Waals surface area contributed by atoms with E-state index in [1.54, 1.807) is 12.1 Å². The van der Waals surface area contributed by atoms with Gasteiger partial charge in [-0.05, 0) is 5.56 Å². The van der Waals surface area contributed by atoms with Crippen molar-refractivity contribution >= 4 is 28.5 Å². The van der Waals surface area contributed by atoms with Crippen LogP contribution < -0.4 is 0 Å². The van der Waals surface area contributed by atoms with E-state index in [-0.39, 0.29) is 9.82 Å². The SMILES string of the molecule is O=C(SC(Cl)c1ccccc1)c1ccccc1. The molecule has 17 heavy (non-hydrogen) atoms. The molecule has 0 bridgehead atoms. The fourth-order valence-corrected chi connectivity index (χ4v) is 2.55. The van der Waals surface area contributed by atoms with E-state index in [0.717, 1.165) is 17.3 Å². The minimum atomic E-state index is -0.344. The second-order valence-electron chi connectivity index (χ2n) is 3.50. The Balaban J connectivity index is 2.05. The molecule has 1 unspecified atom stereocenters. The minimum Gasteiger partial charge on any atom is -0.282 e. The summed E-state index contributed by atoms with van der Waals surface area (Å²) in [5.41, 5.74) is 1.63. The highest BCUT2D eigenvalue weighted by Gasteiger charge is 2.14. The Morgan fingerprint density at radius 3 is 2.06 bits per heavy atom. The van der Waals surface area contributed by atoms with Crippen LogP contribution in [-0.4, -0.2) is 5.12 Å². The van der Waals surface area contributed by atoms with Crippen molar-refractivity contribution in [2.75, 3.05) is 0 Å². The lowest BCUT2D eigenvalue weighted by Gasteiger charge is -2.08. The molecule has 0 aliphatic carbocycles. The van der Waals surface area contributed by atoms with Gasteiger partial charge in [0.25, 0.3) is 0 Å². The molecular weight excluding hydrogens is 252 g/mol. The molecule has 0 saturated heterocycles. The maximum Gasteiger partial charge on any atom is 0.221 e. The zero-order chi connectivity index (χ0) is 12.1. The summed E-state index contributed by atoms with van der Waals surface area (Å²) in [6, 6.07) is 18.8. The Morgan fingerprint density at radius 1 is 0.941 bits per heavy atom. The molecule has 1 atom stereocenters. The molecule has 0 radical (unpaired) electrons. The smallest absolute Gasteiger partial charge is 0.221 e. The Kier molecular flexibility index (Phi) is 4.24. The summed E-state index contributed by atoms with van der Waals surface area (Å²) in [4.78, 5) is 11.9. The van der Waals surface area contributed by atoms with Gasteiger partial charge in [0.2, 0.25) is 5.12 Å². The van der Waals surface area contributed by atoms with Crippen molar-refractivity contribution in [2.24, 2.45) is 0 Å². The monoisotopic (exact) mass is 262 g/mol. The van der Waals surface area contributed by atoms with Gasteiger partial charge in [-0.3, -0.25) is 4.79 Å². The van der Waals surface area contributed by atoms with Crippen LogP contribution in [0.3, 0.4) is 0 Å². The van der Waals surface area contributed by atoms with E-state index in [4.69, 9.17) is 11.6 Å². The van der Waals surface area contributed by atoms with Crippen LogP contribution in [0.2, 0.25) is 0 Å². The molecule has 0 amide bonds. The third-order valence-electron chi connectivity index (χ3n) is 2.28. The summed E-state index contributed by atoms with van der Waals surface area (Å²) >= 11 is 7.33. The lowest BCUT2D eigenvalue weighted by molar-refractivity contribution is 0.108. The van der Waals surface area contributed by atoms with Gasteiger partial charge in [-0.25, -0.2) is 0 Å². The number of benzene rings is 2. The zero-order valence-corrected chi connectivity index (χ0v) is 10.6. The normalized spacial score (nSPS) is 12.1. The van der Waals surface area contributed by atoms with Crippen molar-refractivity contribution < 1.29 is 4.79 Å². The predicted octanol–water partition coefficient (Wildman–Crippen LogP) is 4.50. The number of hydrogen-bond donors (Lipinski definition) is 0. The van der Waals surface area contributed by atoms with Crippen LogP contribution in [0.25, 0.3) is 0 Å². The summed E-state index contributed by atoms with van der Waals surface area (Å²) < 4.78 is -0.344. The maximum absolute atomic E-state index is 11.9. The number of carbonyl (C=O) groups is 1. The quantitative estimate of drug-likeness (QED) is 0.758. The maximum atomic E-state index is 11.9. The fraction of sp³-hybridized carbons (Fsp3) is 0.0714. The van der Waals surface area contributed by atoms with E-state index >= 15 is 0 Å². The van der Waals surface area contributed by atoms with Gasteiger partial charge in [-0.2, -0.15) is 0 Å². The lowest BCUT2D eigenvalue weighted by Crippen LogP contribution is -1.95. The van der Waals surface area contributed by atoms with Gasteiger partial charge < -0.3 is 0 Å². The summed E-state index contributed by atoms with van der Waals surface area (Å²) in [5.74, 6) is 0. The van der Waals surface area contributed by atoms with E-state index in [0.29, 0.717) is 5.56 Å². The van der Waals surface area contributed by atoms with Gasteiger partial charge in [-0.1, -0.05) is 72.4 Å². The number of carbonyl (C=O) groups excluding carboxylic acids is 1. The lowest BCUT2D eigenvalue weighted by atomic mass is 10.2. The molecule has 86 valence electrons. The van der Waals surface area contributed by atoms with Crippen LogP contribution >= 0.6 is 23.4 Å². The molecule has 2 rings (SSSR count). The van der Waals surface area contributed by atoms with Crippen LogP contribution in [0.15, 0.2) is 60.7 Å². The van der Waals surface area contributed by atoms with Gasteiger partial charge in [0.05, 0.1) is 0 Å². The van der Waals surface area contributed by atoms with Crippen molar-refractivity contribution in [1.82, 2.24) is 0 Å². The molecule has 0 fully saturated rings. The molecule has 2 aromatic rings. The molecule has 0 heterocycles. The van der Waals surface area contributed by atoms with Gasteiger partial charge >= 0.3 is 0 Å². The highest BCUT2D eigenvalue weighted by Crippen LogP contribution is 2.34. The molecule has 0 N–H and O–H groups in total. The summed E-state index contributed by atoms with van der Waals surface area (Å²) in [7, 11) is 0. The average molecular weight is 263 g/mol. The topological polar surface area (TPSA) is 17.1 Å². The Morgan fingerprint density at radius 2 is 1.47 bits per heavy atom. The third kappa shape index (κ3) is 3.35. The number of halogens is 1. The molecular formula is C14H11ClOS. The summed E-state index contributed by atoms with van der Waals surface area (Å²) in [5, 5.41) is -0.00514. The summed E-state index contributed by atoms with van der Waals surface area (Å²) in [6.45, 7) is 0. The second kappa shape index (κ2) is 5.89. The van der Waals surface area contributed by atoms with E-state index in [1.807, 2.05) is 48.5 Å². The van der Waals surface area contributed by atoms with Crippen LogP contribution in [0, 0.1) is 0 Å². The highest BCUT2D eigenvalue weighted by molar-refractivity contribution is 8.15. The first kappa shape index (κ1) is 12.2. The molecule has 0 aromatic heterocycles. The van der Waals surface area contributed by atoms with Gasteiger partial charge in [-0.15, -0.1) is 11.6 Å². The Bertz CT molecular complexity index is 484. The largest absolute Gasteiger partial charge is 0.282 e. The van der Waals surface area contributed by atoms with E-state index in [9.17, 15) is 4.79 Å².